The Bertz CT molecular complexity index is 506. The molecule has 1 aliphatic heterocycles. The monoisotopic (exact) mass is 280 g/mol. The average molecular weight is 280 g/mol. The molecule has 1 atom stereocenters. The number of para-hydroxylation sites is 1. The van der Waals surface area contributed by atoms with Crippen molar-refractivity contribution in [1.82, 2.24) is 0 Å². The summed E-state index contributed by atoms with van der Waals surface area (Å²) in [6.07, 6.45) is -1.46. The van der Waals surface area contributed by atoms with Crippen molar-refractivity contribution in [2.24, 2.45) is 0 Å². The summed E-state index contributed by atoms with van der Waals surface area (Å²) in [6, 6.07) is 6.51. The van der Waals surface area contributed by atoms with Crippen molar-refractivity contribution in [2.45, 2.75) is 25.6 Å². The third-order valence-electron chi connectivity index (χ3n) is 3.03. The molecule has 0 amide bonds. The van der Waals surface area contributed by atoms with E-state index in [-0.39, 0.29) is 19.0 Å². The molecule has 0 radical (unpaired) electrons. The van der Waals surface area contributed by atoms with E-state index in [0.29, 0.717) is 5.56 Å². The topological polar surface area (TPSA) is 82.1 Å². The molecule has 0 fully saturated rings. The lowest BCUT2D eigenvalue weighted by Crippen LogP contribution is -2.55. The van der Waals surface area contributed by atoms with Gasteiger partial charge in [-0.1, -0.05) is 18.2 Å². The van der Waals surface area contributed by atoms with E-state index in [9.17, 15) is 14.7 Å². The molecule has 0 aliphatic carbocycles. The molecule has 0 aromatic heterocycles. The van der Waals surface area contributed by atoms with E-state index in [2.05, 4.69) is 0 Å². The van der Waals surface area contributed by atoms with Crippen LogP contribution in [0.5, 0.6) is 5.75 Å². The number of hydrogen-bond acceptors (Lipinski definition) is 6. The quantitative estimate of drug-likeness (QED) is 0.654. The first-order valence-corrected chi connectivity index (χ1v) is 6.38. The summed E-state index contributed by atoms with van der Waals surface area (Å²) in [6.45, 7) is 3.33. The van der Waals surface area contributed by atoms with E-state index < -0.39 is 23.6 Å². The third-order valence-corrected chi connectivity index (χ3v) is 3.03. The second kappa shape index (κ2) is 5.50. The summed E-state index contributed by atoms with van der Waals surface area (Å²) in [4.78, 5) is 24.3. The summed E-state index contributed by atoms with van der Waals surface area (Å²) < 4.78 is 15.2. The molecular formula is C14H16O6. The summed E-state index contributed by atoms with van der Waals surface area (Å²) in [5.74, 6) is -1.65. The van der Waals surface area contributed by atoms with Crippen LogP contribution >= 0.6 is 0 Å². The van der Waals surface area contributed by atoms with Crippen LogP contribution in [0.15, 0.2) is 24.3 Å². The van der Waals surface area contributed by atoms with Crippen LogP contribution in [0.25, 0.3) is 0 Å². The smallest absolute Gasteiger partial charge is 0.365 e. The average Bonchev–Trinajstić information content (AvgIpc) is 2.74. The number of fused-ring (bicyclic) bond motifs is 1. The highest BCUT2D eigenvalue weighted by molar-refractivity contribution is 6.06. The number of esters is 2. The van der Waals surface area contributed by atoms with Gasteiger partial charge in [0, 0.05) is 5.56 Å². The lowest BCUT2D eigenvalue weighted by atomic mass is 9.93. The fraction of sp³-hybridized carbons (Fsp3) is 0.429. The maximum absolute atomic E-state index is 12.2. The van der Waals surface area contributed by atoms with Crippen molar-refractivity contribution >= 4 is 11.9 Å². The summed E-state index contributed by atoms with van der Waals surface area (Å²) in [5.41, 5.74) is -1.83. The molecule has 1 aromatic rings. The predicted octanol–water partition coefficient (Wildman–Crippen LogP) is 0.977. The third kappa shape index (κ3) is 2.02. The van der Waals surface area contributed by atoms with Crippen molar-refractivity contribution in [3.8, 4) is 5.75 Å². The lowest BCUT2D eigenvalue weighted by Gasteiger charge is -2.26. The first-order valence-electron chi connectivity index (χ1n) is 6.38. The number of hydrogen-bond donors (Lipinski definition) is 1. The zero-order valence-electron chi connectivity index (χ0n) is 11.3. The maximum Gasteiger partial charge on any atom is 0.365 e. The van der Waals surface area contributed by atoms with Crippen LogP contribution in [0.4, 0.5) is 0 Å². The molecule has 2 rings (SSSR count). The highest BCUT2D eigenvalue weighted by Crippen LogP contribution is 2.44. The molecular weight excluding hydrogens is 264 g/mol. The fourth-order valence-electron chi connectivity index (χ4n) is 2.11. The Morgan fingerprint density at radius 3 is 2.25 bits per heavy atom. The Hall–Kier alpha value is -2.08. The second-order valence-corrected chi connectivity index (χ2v) is 4.22. The van der Waals surface area contributed by atoms with Gasteiger partial charge in [0.15, 0.2) is 0 Å². The second-order valence-electron chi connectivity index (χ2n) is 4.22. The molecule has 0 spiro atoms. The van der Waals surface area contributed by atoms with Gasteiger partial charge in [0.05, 0.1) is 13.2 Å². The number of carbonyl (C=O) groups excluding carboxylic acids is 2. The Morgan fingerprint density at radius 2 is 1.75 bits per heavy atom. The van der Waals surface area contributed by atoms with Crippen LogP contribution in [0.1, 0.15) is 25.5 Å². The molecule has 1 N–H and O–H groups in total. The van der Waals surface area contributed by atoms with Crippen LogP contribution in [-0.4, -0.2) is 35.9 Å². The standard InChI is InChI=1S/C14H16O6/c1-3-18-12(16)14(13(17)19-4-2)11(15)9-7-5-6-8-10(9)20-14/h5-8,11,15H,3-4H2,1-2H3. The van der Waals surface area contributed by atoms with Gasteiger partial charge in [0.2, 0.25) is 0 Å². The fourth-order valence-corrected chi connectivity index (χ4v) is 2.11. The van der Waals surface area contributed by atoms with Gasteiger partial charge in [-0.15, -0.1) is 0 Å². The van der Waals surface area contributed by atoms with E-state index in [1.54, 1.807) is 38.1 Å². The van der Waals surface area contributed by atoms with E-state index in [4.69, 9.17) is 14.2 Å². The number of rotatable bonds is 4. The number of aliphatic hydroxyl groups excluding tert-OH is 1. The number of aliphatic hydroxyl groups is 1. The normalized spacial score (nSPS) is 18.9. The van der Waals surface area contributed by atoms with Crippen molar-refractivity contribution in [3.63, 3.8) is 0 Å². The number of benzene rings is 1. The Kier molecular flexibility index (Phi) is 3.94. The molecule has 0 bridgehead atoms. The molecule has 6 nitrogen and oxygen atoms in total. The summed E-state index contributed by atoms with van der Waals surface area (Å²) in [7, 11) is 0. The van der Waals surface area contributed by atoms with Crippen LogP contribution in [0.2, 0.25) is 0 Å². The molecule has 1 heterocycles. The van der Waals surface area contributed by atoms with Crippen LogP contribution < -0.4 is 4.74 Å². The largest absolute Gasteiger partial charge is 0.462 e. The molecule has 1 aromatic carbocycles. The van der Waals surface area contributed by atoms with Crippen LogP contribution in [0.3, 0.4) is 0 Å². The van der Waals surface area contributed by atoms with E-state index >= 15 is 0 Å². The molecule has 6 heteroatoms. The van der Waals surface area contributed by atoms with Gasteiger partial charge in [-0.05, 0) is 19.9 Å². The van der Waals surface area contributed by atoms with E-state index in [1.807, 2.05) is 0 Å². The Morgan fingerprint density at radius 1 is 1.20 bits per heavy atom. The van der Waals surface area contributed by atoms with Gasteiger partial charge in [0.1, 0.15) is 11.9 Å². The van der Waals surface area contributed by atoms with Crippen molar-refractivity contribution < 1.29 is 28.9 Å². The van der Waals surface area contributed by atoms with Crippen molar-refractivity contribution in [3.05, 3.63) is 29.8 Å². The van der Waals surface area contributed by atoms with Gasteiger partial charge < -0.3 is 19.3 Å². The van der Waals surface area contributed by atoms with Crippen LogP contribution in [0, 0.1) is 0 Å². The SMILES string of the molecule is CCOC(=O)C1(C(=O)OCC)Oc2ccccc2C1O. The minimum absolute atomic E-state index is 0.0619. The molecule has 0 saturated heterocycles. The van der Waals surface area contributed by atoms with Gasteiger partial charge in [0.25, 0.3) is 0 Å². The lowest BCUT2D eigenvalue weighted by molar-refractivity contribution is -0.187. The summed E-state index contributed by atoms with van der Waals surface area (Å²) >= 11 is 0. The van der Waals surface area contributed by atoms with Gasteiger partial charge in [-0.25, -0.2) is 9.59 Å². The van der Waals surface area contributed by atoms with Gasteiger partial charge in [-0.3, -0.25) is 0 Å². The minimum atomic E-state index is -2.18. The first kappa shape index (κ1) is 14.3. The molecule has 0 saturated carbocycles. The summed E-state index contributed by atoms with van der Waals surface area (Å²) in [5, 5.41) is 10.4. The van der Waals surface area contributed by atoms with Crippen molar-refractivity contribution in [2.75, 3.05) is 13.2 Å². The van der Waals surface area contributed by atoms with E-state index in [1.165, 1.54) is 0 Å². The molecule has 108 valence electrons. The highest BCUT2D eigenvalue weighted by Gasteiger charge is 2.62. The molecule has 1 unspecified atom stereocenters. The number of carbonyl (C=O) groups is 2. The zero-order chi connectivity index (χ0) is 14.8. The molecule has 20 heavy (non-hydrogen) atoms. The predicted molar refractivity (Wildman–Crippen MR) is 68.0 cm³/mol. The zero-order valence-corrected chi connectivity index (χ0v) is 11.3. The first-order chi connectivity index (χ1) is 9.57. The Labute approximate surface area is 116 Å². The minimum Gasteiger partial charge on any atom is -0.462 e. The van der Waals surface area contributed by atoms with Gasteiger partial charge in [-0.2, -0.15) is 0 Å². The van der Waals surface area contributed by atoms with Crippen molar-refractivity contribution in [1.29, 1.82) is 0 Å². The highest BCUT2D eigenvalue weighted by atomic mass is 16.6. The maximum atomic E-state index is 12.2. The number of ether oxygens (including phenoxy) is 3. The van der Waals surface area contributed by atoms with E-state index in [0.717, 1.165) is 0 Å². The van der Waals surface area contributed by atoms with Gasteiger partial charge >= 0.3 is 17.5 Å². The molecule has 1 aliphatic rings. The van der Waals surface area contributed by atoms with Crippen LogP contribution in [-0.2, 0) is 19.1 Å². The Balaban J connectivity index is 2.45.